The van der Waals surface area contributed by atoms with E-state index >= 15 is 0 Å². The van der Waals surface area contributed by atoms with E-state index in [4.69, 9.17) is 4.84 Å². The standard InChI is InChI=1S/C44H45N3O16S4.K/c1-43(2)36(45(5)32-17-15-28-30(41(32)43)22-26(64(51,52)53)24-34(28)66(57,58)59)12-8-6-9-13-37-44(3,4)42-31-23-27(65(54,55)56)25-35(67(60,61)62)29(31)16-18-33(42)46(37)21-11-7-10-14-40(50)63-47-38(48)19-20-39(47)49;/h6,8-9,12-13,15-18,22-25H,7,10-11,14,19-21H2,1-5H3,(H3-,51,52,53,54,55,56,57,58,59,60,61,62);. The molecule has 3 aliphatic rings. The molecule has 0 atom stereocenters. The summed E-state index contributed by atoms with van der Waals surface area (Å²) in [4.78, 5) is 40.1. The van der Waals surface area contributed by atoms with Gasteiger partial charge in [0.15, 0.2) is 5.71 Å². The van der Waals surface area contributed by atoms with Gasteiger partial charge in [0.25, 0.3) is 42.2 Å². The fourth-order valence-corrected chi connectivity index (χ4v) is 11.9. The molecule has 3 heterocycles. The predicted octanol–water partition coefficient (Wildman–Crippen LogP) is 5.22. The van der Waals surface area contributed by atoms with Crippen LogP contribution in [0.3, 0.4) is 0 Å². The number of carbonyl (C=O) groups is 3. The number of nitrogens with zero attached hydrogens (tertiary/aromatic N) is 3. The first kappa shape index (κ1) is 53.3. The van der Waals surface area contributed by atoms with E-state index in [9.17, 15) is 66.3 Å². The molecular weight excluding hydrogens is 994 g/mol. The van der Waals surface area contributed by atoms with Crippen LogP contribution < -0.4 is 4.90 Å². The third-order valence-electron chi connectivity index (χ3n) is 12.3. The zero-order valence-electron chi connectivity index (χ0n) is 37.6. The molecule has 1 fully saturated rings. The van der Waals surface area contributed by atoms with Crippen molar-refractivity contribution in [1.82, 2.24) is 5.06 Å². The number of imide groups is 1. The summed E-state index contributed by atoms with van der Waals surface area (Å²) >= 11 is 0. The normalized spacial score (nSPS) is 17.9. The van der Waals surface area contributed by atoms with Crippen molar-refractivity contribution in [2.24, 2.45) is 0 Å². The average molecular weight is 1040 g/mol. The molecule has 1 radical (unpaired) electrons. The number of amides is 2. The van der Waals surface area contributed by atoms with E-state index in [-0.39, 0.29) is 92.2 Å². The van der Waals surface area contributed by atoms with Gasteiger partial charge in [0.2, 0.25) is 5.69 Å². The molecule has 0 aromatic heterocycles. The molecule has 2 amide bonds. The molecule has 4 aromatic carbocycles. The van der Waals surface area contributed by atoms with Gasteiger partial charge in [-0.3, -0.25) is 23.2 Å². The predicted molar refractivity (Wildman–Crippen MR) is 247 cm³/mol. The van der Waals surface area contributed by atoms with Crippen LogP contribution >= 0.6 is 0 Å². The van der Waals surface area contributed by atoms with Crippen molar-refractivity contribution in [3.8, 4) is 0 Å². The second-order valence-corrected chi connectivity index (χ2v) is 22.9. The molecule has 3 N–H and O–H groups in total. The summed E-state index contributed by atoms with van der Waals surface area (Å²) in [5.41, 5.74) is 1.59. The Hall–Kier alpha value is -4.02. The fraction of sp³-hybridized carbons (Fsp3) is 0.318. The third-order valence-corrected chi connectivity index (χ3v) is 15.7. The molecule has 0 spiro atoms. The molecule has 0 bridgehead atoms. The number of rotatable bonds is 14. The summed E-state index contributed by atoms with van der Waals surface area (Å²) in [7, 11) is -18.3. The van der Waals surface area contributed by atoms with Gasteiger partial charge in [-0.15, -0.1) is 5.06 Å². The quantitative estimate of drug-likeness (QED) is 0.0364. The van der Waals surface area contributed by atoms with Crippen LogP contribution in [0.4, 0.5) is 11.4 Å². The van der Waals surface area contributed by atoms with Crippen molar-refractivity contribution in [1.29, 1.82) is 0 Å². The average Bonchev–Trinajstić information content (AvgIpc) is 3.72. The van der Waals surface area contributed by atoms with Gasteiger partial charge in [-0.1, -0.05) is 44.6 Å². The number of allylic oxidation sites excluding steroid dienone is 6. The Morgan fingerprint density at radius 1 is 0.721 bits per heavy atom. The Kier molecular flexibility index (Phi) is 14.9. The van der Waals surface area contributed by atoms with Crippen LogP contribution in [0.1, 0.15) is 77.3 Å². The summed E-state index contributed by atoms with van der Waals surface area (Å²) in [5.74, 6) is -1.94. The van der Waals surface area contributed by atoms with Gasteiger partial charge in [-0.2, -0.15) is 29.8 Å². The SMILES string of the molecule is C[N+]1=C(C=CC=CC=C2N(CCCCCC(=O)ON3C(=O)CCC3=O)c3ccc4c(S(=O)(=O)[O-])cc(S(=O)(=O)O)cc4c3C2(C)C)C(C)(C)c2c1ccc1c(S(=O)(=O)O)cc(S(=O)(=O)O)cc21.[K]. The van der Waals surface area contributed by atoms with Gasteiger partial charge in [0, 0.05) is 117 Å². The zero-order chi connectivity index (χ0) is 49.4. The minimum absolute atomic E-state index is 0. The summed E-state index contributed by atoms with van der Waals surface area (Å²) in [6.07, 6.45) is 9.86. The minimum Gasteiger partial charge on any atom is -0.744 e. The van der Waals surface area contributed by atoms with E-state index in [0.29, 0.717) is 76.9 Å². The first-order valence-electron chi connectivity index (χ1n) is 20.6. The van der Waals surface area contributed by atoms with Crippen molar-refractivity contribution < 1.29 is 75.7 Å². The maximum Gasteiger partial charge on any atom is 0.333 e. The smallest absolute Gasteiger partial charge is 0.333 e. The first-order chi connectivity index (χ1) is 31.0. The van der Waals surface area contributed by atoms with E-state index in [1.165, 1.54) is 12.1 Å². The van der Waals surface area contributed by atoms with Gasteiger partial charge in [-0.25, -0.2) is 13.2 Å². The van der Waals surface area contributed by atoms with Crippen molar-refractivity contribution in [2.75, 3.05) is 18.5 Å². The van der Waals surface area contributed by atoms with E-state index in [2.05, 4.69) is 0 Å². The van der Waals surface area contributed by atoms with E-state index in [1.54, 1.807) is 49.6 Å². The maximum absolute atomic E-state index is 12.5. The van der Waals surface area contributed by atoms with Gasteiger partial charge in [0.05, 0.1) is 20.1 Å². The Labute approximate surface area is 435 Å². The summed E-state index contributed by atoms with van der Waals surface area (Å²) in [6, 6.07) is 9.66. The molecule has 357 valence electrons. The summed E-state index contributed by atoms with van der Waals surface area (Å²) in [5, 5.41) is 0.739. The van der Waals surface area contributed by atoms with E-state index in [0.717, 1.165) is 12.1 Å². The van der Waals surface area contributed by atoms with Gasteiger partial charge in [-0.05, 0) is 90.9 Å². The number of anilines is 1. The number of carbonyl (C=O) groups excluding carboxylic acids is 3. The van der Waals surface area contributed by atoms with Crippen LogP contribution in [-0.4, -0.2) is 150 Å². The van der Waals surface area contributed by atoms with E-state index < -0.39 is 88.7 Å². The second kappa shape index (κ2) is 19.0. The number of benzene rings is 4. The largest absolute Gasteiger partial charge is 0.744 e. The zero-order valence-corrected chi connectivity index (χ0v) is 44.0. The molecule has 68 heavy (non-hydrogen) atoms. The summed E-state index contributed by atoms with van der Waals surface area (Å²) in [6.45, 7) is 7.63. The number of fused-ring (bicyclic) bond motifs is 6. The second-order valence-electron chi connectivity index (χ2n) is 17.3. The molecular formula is C44H45KN3O16S4. The Morgan fingerprint density at radius 3 is 1.85 bits per heavy atom. The van der Waals surface area contributed by atoms with Crippen LogP contribution in [0.5, 0.6) is 0 Å². The molecule has 0 saturated carbocycles. The van der Waals surface area contributed by atoms with Crippen LogP contribution in [0.15, 0.2) is 104 Å². The maximum atomic E-state index is 12.5. The number of hydrogen-bond donors (Lipinski definition) is 3. The monoisotopic (exact) mass is 1040 g/mol. The van der Waals surface area contributed by atoms with Crippen LogP contribution in [0.2, 0.25) is 0 Å². The minimum atomic E-state index is -5.24. The number of hydrogen-bond acceptors (Lipinski definition) is 14. The van der Waals surface area contributed by atoms with Gasteiger partial charge in [0.1, 0.15) is 22.1 Å². The molecule has 1 saturated heterocycles. The molecule has 0 unspecified atom stereocenters. The fourth-order valence-electron chi connectivity index (χ4n) is 9.27. The van der Waals surface area contributed by atoms with Crippen LogP contribution in [0.25, 0.3) is 21.5 Å². The van der Waals surface area contributed by atoms with Crippen molar-refractivity contribution in [3.63, 3.8) is 0 Å². The third kappa shape index (κ3) is 10.1. The molecule has 19 nitrogen and oxygen atoms in total. The molecule has 0 aliphatic carbocycles. The molecule has 24 heteroatoms. The van der Waals surface area contributed by atoms with Crippen molar-refractivity contribution >= 4 is 148 Å². The van der Waals surface area contributed by atoms with Gasteiger partial charge >= 0.3 is 5.97 Å². The number of hydroxylamine groups is 2. The Balaban J connectivity index is 0.00000761. The topological polar surface area (TPSA) is 290 Å². The summed E-state index contributed by atoms with van der Waals surface area (Å²) < 4.78 is 143. The van der Waals surface area contributed by atoms with Crippen molar-refractivity contribution in [3.05, 3.63) is 95.7 Å². The van der Waals surface area contributed by atoms with Gasteiger partial charge < -0.3 is 14.3 Å². The number of unbranched alkanes of at least 4 members (excludes halogenated alkanes) is 2. The Morgan fingerprint density at radius 2 is 1.28 bits per heavy atom. The van der Waals surface area contributed by atoms with Crippen LogP contribution in [-0.2, 0) is 70.5 Å². The molecule has 4 aromatic rings. The van der Waals surface area contributed by atoms with E-state index in [1.807, 2.05) is 37.2 Å². The first-order valence-corrected chi connectivity index (χ1v) is 26.3. The Bertz CT molecular complexity index is 3440. The molecule has 3 aliphatic heterocycles. The van der Waals surface area contributed by atoms with Crippen LogP contribution in [0, 0.1) is 0 Å². The molecule has 7 rings (SSSR count). The van der Waals surface area contributed by atoms with Crippen molar-refractivity contribution in [2.45, 2.75) is 96.6 Å².